The van der Waals surface area contributed by atoms with E-state index in [9.17, 15) is 4.79 Å². The highest BCUT2D eigenvalue weighted by Gasteiger charge is 2.35. The maximum absolute atomic E-state index is 12.1. The molecular formula is C11H18N4OS. The number of carbonyl (C=O) groups is 1. The third-order valence-corrected chi connectivity index (χ3v) is 3.30. The Morgan fingerprint density at radius 2 is 2.41 bits per heavy atom. The Bertz CT molecular complexity index is 415. The van der Waals surface area contributed by atoms with Crippen LogP contribution in [0.2, 0.25) is 0 Å². The molecule has 2 amide bonds. The molecule has 2 rings (SSSR count). The van der Waals surface area contributed by atoms with Crippen LogP contribution in [-0.4, -0.2) is 38.8 Å². The van der Waals surface area contributed by atoms with E-state index >= 15 is 0 Å². The summed E-state index contributed by atoms with van der Waals surface area (Å²) in [4.78, 5) is 21.4. The molecule has 1 unspecified atom stereocenters. The van der Waals surface area contributed by atoms with E-state index in [1.54, 1.807) is 13.4 Å². The third-order valence-electron chi connectivity index (χ3n) is 3.12. The van der Waals surface area contributed by atoms with Gasteiger partial charge in [0.15, 0.2) is 0 Å². The molecule has 94 valence electrons. The fourth-order valence-corrected chi connectivity index (χ4v) is 2.50. The van der Waals surface area contributed by atoms with Crippen molar-refractivity contribution < 1.29 is 4.79 Å². The molecule has 17 heavy (non-hydrogen) atoms. The van der Waals surface area contributed by atoms with Gasteiger partial charge < -0.3 is 9.88 Å². The minimum Gasteiger partial charge on any atom is -0.348 e. The topological polar surface area (TPSA) is 52.2 Å². The number of rotatable bonds is 1. The van der Waals surface area contributed by atoms with Gasteiger partial charge in [-0.3, -0.25) is 4.31 Å². The van der Waals surface area contributed by atoms with Gasteiger partial charge in [-0.1, -0.05) is 26.7 Å². The molecule has 0 saturated carbocycles. The summed E-state index contributed by atoms with van der Waals surface area (Å²) in [5, 5.41) is 0. The molecule has 2 heterocycles. The lowest BCUT2D eigenvalue weighted by molar-refractivity contribution is 0.136. The number of aromatic nitrogens is 2. The van der Waals surface area contributed by atoms with Gasteiger partial charge in [-0.2, -0.15) is 0 Å². The summed E-state index contributed by atoms with van der Waals surface area (Å²) in [6.45, 7) is 4.92. The van der Waals surface area contributed by atoms with E-state index in [2.05, 4.69) is 36.6 Å². The first kappa shape index (κ1) is 12.3. The zero-order valence-corrected chi connectivity index (χ0v) is 11.2. The summed E-state index contributed by atoms with van der Waals surface area (Å²) in [5.74, 6) is 0.328. The molecule has 0 spiro atoms. The van der Waals surface area contributed by atoms with Crippen LogP contribution in [0, 0.1) is 5.92 Å². The van der Waals surface area contributed by atoms with E-state index in [1.165, 1.54) is 4.31 Å². The van der Waals surface area contributed by atoms with Crippen LogP contribution < -0.4 is 0 Å². The van der Waals surface area contributed by atoms with Crippen LogP contribution in [0.1, 0.15) is 31.3 Å². The molecule has 1 atom stereocenters. The van der Waals surface area contributed by atoms with Crippen molar-refractivity contribution in [1.29, 1.82) is 0 Å². The van der Waals surface area contributed by atoms with Crippen LogP contribution in [0.25, 0.3) is 0 Å². The lowest BCUT2D eigenvalue weighted by Gasteiger charge is -2.38. The Morgan fingerprint density at radius 3 is 3.00 bits per heavy atom. The van der Waals surface area contributed by atoms with E-state index in [1.807, 2.05) is 4.90 Å². The predicted molar refractivity (Wildman–Crippen MR) is 68.7 cm³/mol. The molecule has 1 aromatic rings. The average Bonchev–Trinajstić information content (AvgIpc) is 2.73. The minimum absolute atomic E-state index is 0.0344. The predicted octanol–water partition coefficient (Wildman–Crippen LogP) is 1.86. The van der Waals surface area contributed by atoms with Crippen molar-refractivity contribution in [3.63, 3.8) is 0 Å². The molecule has 1 aromatic heterocycles. The highest BCUT2D eigenvalue weighted by molar-refractivity contribution is 7.78. The van der Waals surface area contributed by atoms with Crippen molar-refractivity contribution in [2.75, 3.05) is 13.6 Å². The van der Waals surface area contributed by atoms with Gasteiger partial charge in [0.05, 0.1) is 18.1 Å². The van der Waals surface area contributed by atoms with Gasteiger partial charge >= 0.3 is 6.03 Å². The maximum atomic E-state index is 12.1. The standard InChI is InChI=1S/C11H18N4OS/c1-7(2)10-9-8(12-6-13-9)4-5-15(10)11(16)14(3)17/h6-7,10,17H,4-5H2,1-3H3,(H,12,13). The van der Waals surface area contributed by atoms with Gasteiger partial charge in [0.25, 0.3) is 0 Å². The molecule has 0 fully saturated rings. The second-order valence-corrected chi connectivity index (χ2v) is 5.30. The number of carbonyl (C=O) groups excluding carboxylic acids is 1. The summed E-state index contributed by atoms with van der Waals surface area (Å²) in [6.07, 6.45) is 2.53. The zero-order chi connectivity index (χ0) is 12.6. The molecule has 0 radical (unpaired) electrons. The van der Waals surface area contributed by atoms with E-state index < -0.39 is 0 Å². The number of fused-ring (bicyclic) bond motifs is 1. The van der Waals surface area contributed by atoms with Gasteiger partial charge in [0, 0.05) is 25.7 Å². The summed E-state index contributed by atoms with van der Waals surface area (Å²) in [5.41, 5.74) is 2.14. The highest BCUT2D eigenvalue weighted by atomic mass is 32.1. The molecule has 1 aliphatic heterocycles. The maximum Gasteiger partial charge on any atom is 0.330 e. The normalized spacial score (nSPS) is 19.4. The molecule has 1 aliphatic rings. The number of nitrogens with one attached hydrogen (secondary N) is 1. The fourth-order valence-electron chi connectivity index (χ4n) is 2.38. The van der Waals surface area contributed by atoms with Crippen molar-refractivity contribution in [2.45, 2.75) is 26.3 Å². The largest absolute Gasteiger partial charge is 0.348 e. The van der Waals surface area contributed by atoms with Crippen molar-refractivity contribution in [3.8, 4) is 0 Å². The smallest absolute Gasteiger partial charge is 0.330 e. The third kappa shape index (κ3) is 2.13. The van der Waals surface area contributed by atoms with Crippen molar-refractivity contribution in [1.82, 2.24) is 19.2 Å². The molecule has 1 N–H and O–H groups in total. The number of urea groups is 1. The van der Waals surface area contributed by atoms with Gasteiger partial charge in [-0.25, -0.2) is 9.78 Å². The van der Waals surface area contributed by atoms with Crippen molar-refractivity contribution in [3.05, 3.63) is 17.7 Å². The van der Waals surface area contributed by atoms with Gasteiger partial charge in [0.1, 0.15) is 0 Å². The monoisotopic (exact) mass is 254 g/mol. The Labute approximate surface area is 107 Å². The molecule has 0 bridgehead atoms. The summed E-state index contributed by atoms with van der Waals surface area (Å²) < 4.78 is 1.33. The van der Waals surface area contributed by atoms with Crippen molar-refractivity contribution in [2.24, 2.45) is 5.92 Å². The van der Waals surface area contributed by atoms with Crippen LogP contribution in [0.5, 0.6) is 0 Å². The number of imidazole rings is 1. The number of thiol groups is 1. The summed E-state index contributed by atoms with van der Waals surface area (Å²) in [7, 11) is 1.66. The van der Waals surface area contributed by atoms with Gasteiger partial charge in [-0.15, -0.1) is 0 Å². The first-order chi connectivity index (χ1) is 8.02. The van der Waals surface area contributed by atoms with Crippen molar-refractivity contribution >= 4 is 18.8 Å². The number of aromatic amines is 1. The van der Waals surface area contributed by atoms with E-state index in [-0.39, 0.29) is 12.1 Å². The highest BCUT2D eigenvalue weighted by Crippen LogP contribution is 2.33. The number of hydrogen-bond acceptors (Lipinski definition) is 3. The Hall–Kier alpha value is -1.17. The zero-order valence-electron chi connectivity index (χ0n) is 10.3. The quantitative estimate of drug-likeness (QED) is 0.752. The molecular weight excluding hydrogens is 236 g/mol. The lowest BCUT2D eigenvalue weighted by Crippen LogP contribution is -2.45. The first-order valence-corrected chi connectivity index (χ1v) is 6.17. The molecule has 0 aromatic carbocycles. The number of hydrogen-bond donors (Lipinski definition) is 2. The number of amides is 2. The first-order valence-electron chi connectivity index (χ1n) is 5.77. The van der Waals surface area contributed by atoms with Crippen LogP contribution >= 0.6 is 12.8 Å². The Morgan fingerprint density at radius 1 is 1.71 bits per heavy atom. The molecule has 0 saturated heterocycles. The van der Waals surface area contributed by atoms with Crippen LogP contribution in [0.3, 0.4) is 0 Å². The van der Waals surface area contributed by atoms with Gasteiger partial charge in [0.2, 0.25) is 0 Å². The molecule has 6 heteroatoms. The SMILES string of the molecule is CC(C)C1c2nc[nH]c2CCN1C(=O)N(C)S. The van der Waals surface area contributed by atoms with Crippen LogP contribution in [-0.2, 0) is 6.42 Å². The summed E-state index contributed by atoms with van der Waals surface area (Å²) >= 11 is 4.08. The minimum atomic E-state index is -0.0688. The second kappa shape index (κ2) is 4.60. The van der Waals surface area contributed by atoms with E-state index in [4.69, 9.17) is 0 Å². The molecule has 5 nitrogen and oxygen atoms in total. The summed E-state index contributed by atoms with van der Waals surface area (Å²) in [6, 6.07) is -0.0345. The number of nitrogens with zero attached hydrogens (tertiary/aromatic N) is 3. The van der Waals surface area contributed by atoms with E-state index in [0.717, 1.165) is 17.8 Å². The van der Waals surface area contributed by atoms with Gasteiger partial charge in [-0.05, 0) is 5.92 Å². The van der Waals surface area contributed by atoms with Crippen LogP contribution in [0.15, 0.2) is 6.33 Å². The second-order valence-electron chi connectivity index (χ2n) is 4.70. The molecule has 0 aliphatic carbocycles. The fraction of sp³-hybridized carbons (Fsp3) is 0.636. The number of H-pyrrole nitrogens is 1. The lowest BCUT2D eigenvalue weighted by atomic mass is 9.93. The van der Waals surface area contributed by atoms with Crippen LogP contribution in [0.4, 0.5) is 4.79 Å². The Kier molecular flexibility index (Phi) is 3.33. The average molecular weight is 254 g/mol. The van der Waals surface area contributed by atoms with E-state index in [0.29, 0.717) is 12.5 Å². The Balaban J connectivity index is 2.34.